The molecule has 2 aliphatic rings. The monoisotopic (exact) mass is 486 g/mol. The smallest absolute Gasteiger partial charge is 0.254 e. The zero-order valence-corrected chi connectivity index (χ0v) is 20.6. The number of benzene rings is 2. The minimum absolute atomic E-state index is 0.0282. The summed E-state index contributed by atoms with van der Waals surface area (Å²) < 4.78 is 0. The van der Waals surface area contributed by atoms with Crippen LogP contribution in [-0.4, -0.2) is 64.4 Å². The summed E-state index contributed by atoms with van der Waals surface area (Å²) in [6, 6.07) is 9.66. The first-order chi connectivity index (χ1) is 17.2. The lowest BCUT2D eigenvalue weighted by molar-refractivity contribution is -0.121. The number of fused-ring (bicyclic) bond motifs is 2. The molecule has 36 heavy (non-hydrogen) atoms. The molecule has 9 heteroatoms. The number of hydrogen-bond donors (Lipinski definition) is 3. The van der Waals surface area contributed by atoms with E-state index >= 15 is 0 Å². The van der Waals surface area contributed by atoms with Crippen LogP contribution in [-0.2, 0) is 16.1 Å². The summed E-state index contributed by atoms with van der Waals surface area (Å²) in [6.45, 7) is 7.79. The highest BCUT2D eigenvalue weighted by Gasteiger charge is 2.32. The number of likely N-dealkylation sites (tertiary alicyclic amines) is 1. The minimum atomic E-state index is -0.633. The Labute approximate surface area is 209 Å². The molecule has 1 fully saturated rings. The lowest BCUT2D eigenvalue weighted by Gasteiger charge is -2.28. The highest BCUT2D eigenvalue weighted by Crippen LogP contribution is 2.37. The quantitative estimate of drug-likeness (QED) is 0.462. The third kappa shape index (κ3) is 4.37. The molecule has 5 rings (SSSR count). The van der Waals surface area contributed by atoms with Gasteiger partial charge in [0.1, 0.15) is 0 Å². The van der Waals surface area contributed by atoms with E-state index < -0.39 is 5.91 Å². The van der Waals surface area contributed by atoms with E-state index in [-0.39, 0.29) is 29.9 Å². The normalized spacial score (nSPS) is 16.4. The molecule has 3 aromatic rings. The Bertz CT molecular complexity index is 1400. The van der Waals surface area contributed by atoms with Crippen LogP contribution in [0, 0.1) is 12.8 Å². The fourth-order valence-electron chi connectivity index (χ4n) is 5.06. The van der Waals surface area contributed by atoms with Gasteiger partial charge in [-0.3, -0.25) is 19.5 Å². The third-order valence-corrected chi connectivity index (χ3v) is 7.27. The summed E-state index contributed by atoms with van der Waals surface area (Å²) in [5.41, 5.74) is 11.0. The second-order valence-corrected chi connectivity index (χ2v) is 9.82. The molecule has 0 atom stereocenters. The summed E-state index contributed by atoms with van der Waals surface area (Å²) in [5, 5.41) is 11.4. The molecule has 3 heterocycles. The molecule has 9 nitrogen and oxygen atoms in total. The SMILES string of the molecule is C=C(CN1Cc2c(cc(NC(=O)C3CCN(C)CC3)cc2-c2ccc3[nH]nc(C)c3c2)C1=O)C(N)=O. The zero-order chi connectivity index (χ0) is 25.6. The van der Waals surface area contributed by atoms with Crippen LogP contribution in [0.5, 0.6) is 0 Å². The van der Waals surface area contributed by atoms with Crippen LogP contribution in [0.25, 0.3) is 22.0 Å². The average Bonchev–Trinajstić information content (AvgIpc) is 3.38. The van der Waals surface area contributed by atoms with Crippen LogP contribution in [0.4, 0.5) is 5.69 Å². The van der Waals surface area contributed by atoms with Gasteiger partial charge in [-0.25, -0.2) is 0 Å². The number of H-pyrrole nitrogens is 1. The Morgan fingerprint density at radius 2 is 1.92 bits per heavy atom. The number of amides is 3. The number of anilines is 1. The van der Waals surface area contributed by atoms with E-state index in [9.17, 15) is 14.4 Å². The van der Waals surface area contributed by atoms with E-state index in [4.69, 9.17) is 5.73 Å². The first-order valence-corrected chi connectivity index (χ1v) is 12.1. The summed E-state index contributed by atoms with van der Waals surface area (Å²) in [7, 11) is 2.06. The van der Waals surface area contributed by atoms with Crippen molar-refractivity contribution < 1.29 is 14.4 Å². The van der Waals surface area contributed by atoms with Crippen molar-refractivity contribution >= 4 is 34.3 Å². The van der Waals surface area contributed by atoms with Crippen molar-refractivity contribution in [3.63, 3.8) is 0 Å². The Morgan fingerprint density at radius 1 is 1.19 bits per heavy atom. The number of piperidine rings is 1. The van der Waals surface area contributed by atoms with E-state index in [2.05, 4.69) is 34.0 Å². The number of rotatable bonds is 6. The van der Waals surface area contributed by atoms with Gasteiger partial charge in [-0.1, -0.05) is 12.6 Å². The maximum atomic E-state index is 13.3. The van der Waals surface area contributed by atoms with E-state index in [0.717, 1.165) is 59.2 Å². The van der Waals surface area contributed by atoms with Crippen molar-refractivity contribution in [1.29, 1.82) is 0 Å². The first kappa shape index (κ1) is 23.7. The third-order valence-electron chi connectivity index (χ3n) is 7.27. The van der Waals surface area contributed by atoms with E-state index in [1.54, 1.807) is 11.0 Å². The molecule has 0 radical (unpaired) electrons. The largest absolute Gasteiger partial charge is 0.366 e. The molecule has 2 aromatic carbocycles. The maximum Gasteiger partial charge on any atom is 0.254 e. The predicted octanol–water partition coefficient (Wildman–Crippen LogP) is 2.82. The second-order valence-electron chi connectivity index (χ2n) is 9.82. The van der Waals surface area contributed by atoms with Crippen molar-refractivity contribution in [2.24, 2.45) is 11.7 Å². The Hall–Kier alpha value is -3.98. The number of carbonyl (C=O) groups is 3. The van der Waals surface area contributed by atoms with Crippen LogP contribution < -0.4 is 11.1 Å². The second kappa shape index (κ2) is 9.23. The number of aryl methyl sites for hydroxylation is 1. The average molecular weight is 487 g/mol. The molecule has 4 N–H and O–H groups in total. The van der Waals surface area contributed by atoms with Crippen molar-refractivity contribution in [3.05, 3.63) is 59.3 Å². The topological polar surface area (TPSA) is 124 Å². The minimum Gasteiger partial charge on any atom is -0.366 e. The van der Waals surface area contributed by atoms with Gasteiger partial charge in [-0.05, 0) is 80.9 Å². The van der Waals surface area contributed by atoms with Crippen molar-refractivity contribution in [1.82, 2.24) is 20.0 Å². The lowest BCUT2D eigenvalue weighted by Crippen LogP contribution is -2.35. The molecular weight excluding hydrogens is 456 g/mol. The molecule has 0 spiro atoms. The Balaban J connectivity index is 1.53. The van der Waals surface area contributed by atoms with Gasteiger partial charge in [0.2, 0.25) is 11.8 Å². The van der Waals surface area contributed by atoms with Gasteiger partial charge in [0, 0.05) is 34.7 Å². The highest BCUT2D eigenvalue weighted by atomic mass is 16.2. The predicted molar refractivity (Wildman–Crippen MR) is 138 cm³/mol. The van der Waals surface area contributed by atoms with Crippen LogP contribution in [0.3, 0.4) is 0 Å². The van der Waals surface area contributed by atoms with Gasteiger partial charge in [-0.2, -0.15) is 5.10 Å². The van der Waals surface area contributed by atoms with Gasteiger partial charge in [0.25, 0.3) is 5.91 Å². The fourth-order valence-corrected chi connectivity index (χ4v) is 5.06. The number of hydrogen-bond acceptors (Lipinski definition) is 5. The zero-order valence-electron chi connectivity index (χ0n) is 20.6. The van der Waals surface area contributed by atoms with Gasteiger partial charge >= 0.3 is 0 Å². The van der Waals surface area contributed by atoms with E-state index in [1.807, 2.05) is 31.2 Å². The maximum absolute atomic E-state index is 13.3. The van der Waals surface area contributed by atoms with Gasteiger partial charge in [0.05, 0.1) is 17.8 Å². The molecular formula is C27H30N6O3. The number of nitrogens with zero attached hydrogens (tertiary/aromatic N) is 3. The van der Waals surface area contributed by atoms with Crippen LogP contribution in [0.15, 0.2) is 42.5 Å². The lowest BCUT2D eigenvalue weighted by atomic mass is 9.94. The number of carbonyl (C=O) groups excluding carboxylic acids is 3. The number of aromatic amines is 1. The number of nitrogens with two attached hydrogens (primary N) is 1. The van der Waals surface area contributed by atoms with Gasteiger partial charge < -0.3 is 20.9 Å². The van der Waals surface area contributed by atoms with Gasteiger partial charge in [-0.15, -0.1) is 0 Å². The molecule has 2 aliphatic heterocycles. The summed E-state index contributed by atoms with van der Waals surface area (Å²) in [5.74, 6) is -0.941. The summed E-state index contributed by atoms with van der Waals surface area (Å²) >= 11 is 0. The van der Waals surface area contributed by atoms with E-state index in [0.29, 0.717) is 17.8 Å². The fraction of sp³-hybridized carbons (Fsp3) is 0.333. The first-order valence-electron chi connectivity index (χ1n) is 12.1. The molecule has 1 saturated heterocycles. The van der Waals surface area contributed by atoms with Crippen molar-refractivity contribution in [3.8, 4) is 11.1 Å². The molecule has 0 saturated carbocycles. The number of aromatic nitrogens is 2. The van der Waals surface area contributed by atoms with Crippen molar-refractivity contribution in [2.75, 3.05) is 32.0 Å². The van der Waals surface area contributed by atoms with Crippen LogP contribution in [0.2, 0.25) is 0 Å². The molecule has 3 amide bonds. The Morgan fingerprint density at radius 3 is 2.64 bits per heavy atom. The molecule has 1 aromatic heterocycles. The number of nitrogens with one attached hydrogen (secondary N) is 2. The highest BCUT2D eigenvalue weighted by molar-refractivity contribution is 6.04. The molecule has 0 bridgehead atoms. The summed E-state index contributed by atoms with van der Waals surface area (Å²) in [6.07, 6.45) is 1.61. The van der Waals surface area contributed by atoms with Crippen LogP contribution in [0.1, 0.15) is 34.5 Å². The molecule has 186 valence electrons. The number of primary amides is 1. The summed E-state index contributed by atoms with van der Waals surface area (Å²) in [4.78, 5) is 41.8. The van der Waals surface area contributed by atoms with Gasteiger partial charge in [0.15, 0.2) is 0 Å². The standard InChI is InChI=1S/C27H30N6O3/c1-15(25(28)34)13-33-14-23-21(18-4-5-24-20(10-18)16(2)30-31-24)11-19(12-22(23)27(33)36)29-26(35)17-6-8-32(3)9-7-17/h4-5,10-12,17H,1,6-9,13-14H2,2-3H3,(H2,28,34)(H,29,35)(H,30,31). The van der Waals surface area contributed by atoms with E-state index in [1.165, 1.54) is 0 Å². The van der Waals surface area contributed by atoms with Crippen molar-refractivity contribution in [2.45, 2.75) is 26.3 Å². The Kier molecular flexibility index (Phi) is 6.09. The molecule has 0 aliphatic carbocycles. The molecule has 0 unspecified atom stereocenters. The van der Waals surface area contributed by atoms with Crippen LogP contribution >= 0.6 is 0 Å².